The Morgan fingerprint density at radius 3 is 2.21 bits per heavy atom. The normalized spacial score (nSPS) is 37.3. The summed E-state index contributed by atoms with van der Waals surface area (Å²) in [4.78, 5) is 24.2. The van der Waals surface area contributed by atoms with Gasteiger partial charge in [0.25, 0.3) is 0 Å². The van der Waals surface area contributed by atoms with Crippen LogP contribution in [-0.4, -0.2) is 36.9 Å². The predicted octanol–water partition coefficient (Wildman–Crippen LogP) is 3.25. The molecule has 4 rings (SSSR count). The highest BCUT2D eigenvalue weighted by Gasteiger charge is 2.60. The second kappa shape index (κ2) is 6.01. The Balaban J connectivity index is 1.75. The lowest BCUT2D eigenvalue weighted by atomic mass is 9.52. The van der Waals surface area contributed by atoms with Gasteiger partial charge in [-0.15, -0.1) is 0 Å². The molecule has 0 aromatic rings. The van der Waals surface area contributed by atoms with Crippen LogP contribution in [0.5, 0.6) is 0 Å². The van der Waals surface area contributed by atoms with Crippen molar-refractivity contribution in [3.63, 3.8) is 0 Å². The van der Waals surface area contributed by atoms with Crippen molar-refractivity contribution in [2.75, 3.05) is 13.7 Å². The maximum Gasteiger partial charge on any atom is 0.331 e. The summed E-state index contributed by atoms with van der Waals surface area (Å²) in [6, 6.07) is 0. The van der Waals surface area contributed by atoms with E-state index in [1.165, 1.54) is 13.5 Å². The van der Waals surface area contributed by atoms with Gasteiger partial charge in [-0.3, -0.25) is 4.79 Å². The molecule has 4 bridgehead atoms. The number of esters is 2. The summed E-state index contributed by atoms with van der Waals surface area (Å²) in [6.45, 7) is 5.89. The minimum atomic E-state index is -0.455. The van der Waals surface area contributed by atoms with Crippen molar-refractivity contribution in [2.45, 2.75) is 76.9 Å². The number of ether oxygens (including phenoxy) is 3. The Morgan fingerprint density at radius 1 is 1.08 bits per heavy atom. The molecule has 5 heteroatoms. The van der Waals surface area contributed by atoms with Crippen molar-refractivity contribution in [3.05, 3.63) is 0 Å². The zero-order chi connectivity index (χ0) is 17.6. The molecule has 0 aromatic carbocycles. The van der Waals surface area contributed by atoms with Gasteiger partial charge in [0, 0.05) is 6.42 Å². The maximum atomic E-state index is 12.7. The molecule has 0 spiro atoms. The lowest BCUT2D eigenvalue weighted by molar-refractivity contribution is -0.239. The molecule has 5 nitrogen and oxygen atoms in total. The van der Waals surface area contributed by atoms with E-state index in [9.17, 15) is 9.59 Å². The smallest absolute Gasteiger partial charge is 0.331 e. The number of hydrogen-bond acceptors (Lipinski definition) is 5. The van der Waals surface area contributed by atoms with Crippen LogP contribution in [-0.2, 0) is 23.8 Å². The fourth-order valence-electron chi connectivity index (χ4n) is 5.13. The van der Waals surface area contributed by atoms with Crippen LogP contribution in [0.25, 0.3) is 0 Å². The fourth-order valence-corrected chi connectivity index (χ4v) is 5.13. The molecule has 4 saturated carbocycles. The molecule has 4 aliphatic rings. The van der Waals surface area contributed by atoms with Crippen molar-refractivity contribution in [3.8, 4) is 0 Å². The van der Waals surface area contributed by atoms with E-state index in [4.69, 9.17) is 14.2 Å². The molecule has 2 unspecified atom stereocenters. The molecule has 0 N–H and O–H groups in total. The fraction of sp³-hybridized carbons (Fsp3) is 0.895. The van der Waals surface area contributed by atoms with Gasteiger partial charge in [0.2, 0.25) is 0 Å². The van der Waals surface area contributed by atoms with Crippen LogP contribution < -0.4 is 0 Å². The van der Waals surface area contributed by atoms with E-state index in [-0.39, 0.29) is 24.1 Å². The summed E-state index contributed by atoms with van der Waals surface area (Å²) in [6.07, 6.45) is 6.50. The number of carbonyl (C=O) groups excluding carboxylic acids is 2. The molecular formula is C19H30O5. The van der Waals surface area contributed by atoms with E-state index < -0.39 is 11.0 Å². The summed E-state index contributed by atoms with van der Waals surface area (Å²) in [7, 11) is 1.38. The van der Waals surface area contributed by atoms with Crippen LogP contribution >= 0.6 is 0 Å². The second-order valence-corrected chi connectivity index (χ2v) is 8.82. The van der Waals surface area contributed by atoms with Gasteiger partial charge in [0.05, 0.1) is 18.1 Å². The molecular weight excluding hydrogens is 308 g/mol. The third kappa shape index (κ3) is 3.19. The molecule has 136 valence electrons. The first-order chi connectivity index (χ1) is 11.2. The molecule has 0 saturated heterocycles. The average Bonchev–Trinajstić information content (AvgIpc) is 2.50. The van der Waals surface area contributed by atoms with Gasteiger partial charge in [-0.05, 0) is 64.2 Å². The van der Waals surface area contributed by atoms with E-state index in [2.05, 4.69) is 0 Å². The summed E-state index contributed by atoms with van der Waals surface area (Å²) in [5.41, 5.74) is -1.18. The lowest BCUT2D eigenvalue weighted by Gasteiger charge is -2.60. The number of methoxy groups -OCH3 is 1. The quantitative estimate of drug-likeness (QED) is 0.696. The van der Waals surface area contributed by atoms with Crippen molar-refractivity contribution in [1.82, 2.24) is 0 Å². The van der Waals surface area contributed by atoms with Crippen LogP contribution in [0.1, 0.15) is 65.7 Å². The minimum Gasteiger partial charge on any atom is -0.467 e. The standard InChI is InChI=1S/C19H30O5/c1-5-17(2,3)16(21)24-19-9-13-6-14(10-19)8-18(7-13,12-19)23-11-15(20)22-4/h13-14H,5-12H2,1-4H3. The van der Waals surface area contributed by atoms with Gasteiger partial charge in [-0.25, -0.2) is 4.79 Å². The Hall–Kier alpha value is -1.10. The Labute approximate surface area is 144 Å². The lowest BCUT2D eigenvalue weighted by Crippen LogP contribution is -2.62. The van der Waals surface area contributed by atoms with E-state index in [1.807, 2.05) is 20.8 Å². The molecule has 4 fully saturated rings. The Kier molecular flexibility index (Phi) is 4.44. The van der Waals surface area contributed by atoms with Crippen molar-refractivity contribution >= 4 is 11.9 Å². The summed E-state index contributed by atoms with van der Waals surface area (Å²) in [5.74, 6) is 0.613. The molecule has 4 aliphatic carbocycles. The Morgan fingerprint density at radius 2 is 1.67 bits per heavy atom. The van der Waals surface area contributed by atoms with Crippen LogP contribution in [0, 0.1) is 17.3 Å². The third-order valence-corrected chi connectivity index (χ3v) is 6.42. The van der Waals surface area contributed by atoms with E-state index in [1.54, 1.807) is 0 Å². The number of carbonyl (C=O) groups is 2. The Bertz CT molecular complexity index is 510. The van der Waals surface area contributed by atoms with Crippen LogP contribution in [0.4, 0.5) is 0 Å². The largest absolute Gasteiger partial charge is 0.467 e. The highest BCUT2D eigenvalue weighted by molar-refractivity contribution is 5.76. The monoisotopic (exact) mass is 338 g/mol. The van der Waals surface area contributed by atoms with Gasteiger partial charge in [-0.1, -0.05) is 6.92 Å². The third-order valence-electron chi connectivity index (χ3n) is 6.42. The average molecular weight is 338 g/mol. The molecule has 0 radical (unpaired) electrons. The van der Waals surface area contributed by atoms with Crippen LogP contribution in [0.2, 0.25) is 0 Å². The van der Waals surface area contributed by atoms with Crippen molar-refractivity contribution in [2.24, 2.45) is 17.3 Å². The van der Waals surface area contributed by atoms with Gasteiger partial charge in [0.1, 0.15) is 12.2 Å². The van der Waals surface area contributed by atoms with E-state index in [0.717, 1.165) is 38.5 Å². The molecule has 2 atom stereocenters. The molecule has 0 aliphatic heterocycles. The SMILES string of the molecule is CCC(C)(C)C(=O)OC12CC3CC(CC(OCC(=O)OC)(C3)C1)C2. The van der Waals surface area contributed by atoms with Crippen LogP contribution in [0.15, 0.2) is 0 Å². The predicted molar refractivity (Wildman–Crippen MR) is 88.3 cm³/mol. The number of rotatable bonds is 6. The molecule has 0 heterocycles. The molecule has 24 heavy (non-hydrogen) atoms. The van der Waals surface area contributed by atoms with Gasteiger partial charge in [0.15, 0.2) is 0 Å². The van der Waals surface area contributed by atoms with Crippen molar-refractivity contribution < 1.29 is 23.8 Å². The first-order valence-corrected chi connectivity index (χ1v) is 9.16. The van der Waals surface area contributed by atoms with E-state index >= 15 is 0 Å². The van der Waals surface area contributed by atoms with Gasteiger partial charge < -0.3 is 14.2 Å². The van der Waals surface area contributed by atoms with Crippen molar-refractivity contribution in [1.29, 1.82) is 0 Å². The first kappa shape index (κ1) is 17.7. The zero-order valence-electron chi connectivity index (χ0n) is 15.4. The summed E-state index contributed by atoms with van der Waals surface area (Å²) >= 11 is 0. The highest BCUT2D eigenvalue weighted by Crippen LogP contribution is 2.60. The van der Waals surface area contributed by atoms with Crippen LogP contribution in [0.3, 0.4) is 0 Å². The minimum absolute atomic E-state index is 0.0135. The van der Waals surface area contributed by atoms with Gasteiger partial charge in [-0.2, -0.15) is 0 Å². The highest BCUT2D eigenvalue weighted by atomic mass is 16.6. The maximum absolute atomic E-state index is 12.7. The summed E-state index contributed by atoms with van der Waals surface area (Å²) < 4.78 is 16.9. The molecule has 0 aromatic heterocycles. The number of hydrogen-bond donors (Lipinski definition) is 0. The molecule has 0 amide bonds. The topological polar surface area (TPSA) is 61.8 Å². The van der Waals surface area contributed by atoms with E-state index in [0.29, 0.717) is 11.8 Å². The second-order valence-electron chi connectivity index (χ2n) is 8.82. The first-order valence-electron chi connectivity index (χ1n) is 9.16. The zero-order valence-corrected chi connectivity index (χ0v) is 15.4. The summed E-state index contributed by atoms with van der Waals surface area (Å²) in [5, 5.41) is 0. The van der Waals surface area contributed by atoms with Gasteiger partial charge >= 0.3 is 11.9 Å².